The lowest BCUT2D eigenvalue weighted by Crippen LogP contribution is -2.24. The molecule has 3 nitrogen and oxygen atoms in total. The van der Waals surface area contributed by atoms with Gasteiger partial charge in [-0.05, 0) is 24.5 Å². The standard InChI is InChI=1S/C16H22ClNO2/c1-2-3-4-5-9-14-12-18(16(19)20-14)11-13-8-6-7-10-15(13)17/h6-8,10,14H,2-5,9,11-12H2,1H3. The van der Waals surface area contributed by atoms with Gasteiger partial charge < -0.3 is 9.64 Å². The van der Waals surface area contributed by atoms with Gasteiger partial charge in [-0.15, -0.1) is 0 Å². The van der Waals surface area contributed by atoms with E-state index < -0.39 is 0 Å². The second kappa shape index (κ2) is 7.53. The number of amides is 1. The molecule has 1 saturated heterocycles. The monoisotopic (exact) mass is 295 g/mol. The summed E-state index contributed by atoms with van der Waals surface area (Å²) < 4.78 is 5.41. The zero-order valence-electron chi connectivity index (χ0n) is 12.0. The maximum atomic E-state index is 11.8. The van der Waals surface area contributed by atoms with Gasteiger partial charge in [-0.3, -0.25) is 0 Å². The van der Waals surface area contributed by atoms with Crippen LogP contribution < -0.4 is 0 Å². The smallest absolute Gasteiger partial charge is 0.410 e. The first-order valence-electron chi connectivity index (χ1n) is 7.39. The molecule has 1 aliphatic rings. The SMILES string of the molecule is CCCCCCC1CN(Cc2ccccc2Cl)C(=O)O1. The Hall–Kier alpha value is -1.22. The predicted octanol–water partition coefficient (Wildman–Crippen LogP) is 4.63. The van der Waals surface area contributed by atoms with Crippen molar-refractivity contribution in [1.29, 1.82) is 0 Å². The van der Waals surface area contributed by atoms with E-state index in [1.807, 2.05) is 24.3 Å². The second-order valence-electron chi connectivity index (χ2n) is 5.33. The molecule has 0 aromatic heterocycles. The molecule has 1 amide bonds. The van der Waals surface area contributed by atoms with E-state index in [1.165, 1.54) is 19.3 Å². The third-order valence-corrected chi connectivity index (χ3v) is 4.02. The van der Waals surface area contributed by atoms with Crippen LogP contribution in [0.25, 0.3) is 0 Å². The van der Waals surface area contributed by atoms with Crippen molar-refractivity contribution in [2.45, 2.75) is 51.7 Å². The molecular weight excluding hydrogens is 274 g/mol. The fraction of sp³-hybridized carbons (Fsp3) is 0.562. The Kier molecular flexibility index (Phi) is 5.72. The van der Waals surface area contributed by atoms with Crippen LogP contribution in [0.5, 0.6) is 0 Å². The number of hydrogen-bond acceptors (Lipinski definition) is 2. The number of carbonyl (C=O) groups excluding carboxylic acids is 1. The maximum absolute atomic E-state index is 11.8. The van der Waals surface area contributed by atoms with Gasteiger partial charge in [-0.25, -0.2) is 4.79 Å². The molecule has 1 atom stereocenters. The number of carbonyl (C=O) groups is 1. The lowest BCUT2D eigenvalue weighted by molar-refractivity contribution is 0.127. The van der Waals surface area contributed by atoms with Gasteiger partial charge in [0.25, 0.3) is 0 Å². The van der Waals surface area contributed by atoms with Crippen LogP contribution in [0.15, 0.2) is 24.3 Å². The highest BCUT2D eigenvalue weighted by Crippen LogP contribution is 2.22. The number of hydrogen-bond donors (Lipinski definition) is 0. The Labute approximate surface area is 125 Å². The first kappa shape index (κ1) is 15.2. The van der Waals surface area contributed by atoms with Crippen molar-refractivity contribution in [1.82, 2.24) is 4.90 Å². The number of unbranched alkanes of at least 4 members (excludes halogenated alkanes) is 3. The summed E-state index contributed by atoms with van der Waals surface area (Å²) in [6, 6.07) is 7.63. The Bertz CT molecular complexity index is 450. The largest absolute Gasteiger partial charge is 0.444 e. The molecule has 0 N–H and O–H groups in total. The van der Waals surface area contributed by atoms with E-state index in [2.05, 4.69) is 6.92 Å². The van der Waals surface area contributed by atoms with Gasteiger partial charge in [0, 0.05) is 5.02 Å². The van der Waals surface area contributed by atoms with E-state index >= 15 is 0 Å². The molecule has 1 aromatic carbocycles. The molecule has 1 aromatic rings. The molecule has 110 valence electrons. The molecule has 0 bridgehead atoms. The summed E-state index contributed by atoms with van der Waals surface area (Å²) in [5.41, 5.74) is 0.970. The number of halogens is 1. The molecule has 1 unspecified atom stereocenters. The van der Waals surface area contributed by atoms with Crippen molar-refractivity contribution in [3.8, 4) is 0 Å². The average Bonchev–Trinajstić information content (AvgIpc) is 2.78. The van der Waals surface area contributed by atoms with Gasteiger partial charge in [0.15, 0.2) is 0 Å². The first-order valence-corrected chi connectivity index (χ1v) is 7.77. The molecule has 4 heteroatoms. The normalized spacial score (nSPS) is 18.4. The summed E-state index contributed by atoms with van der Waals surface area (Å²) in [4.78, 5) is 13.6. The van der Waals surface area contributed by atoms with Crippen molar-refractivity contribution in [3.63, 3.8) is 0 Å². The van der Waals surface area contributed by atoms with Gasteiger partial charge in [0.1, 0.15) is 6.10 Å². The van der Waals surface area contributed by atoms with E-state index in [1.54, 1.807) is 4.90 Å². The first-order chi connectivity index (χ1) is 9.70. The summed E-state index contributed by atoms with van der Waals surface area (Å²) >= 11 is 6.13. The van der Waals surface area contributed by atoms with E-state index in [4.69, 9.17) is 16.3 Å². The highest BCUT2D eigenvalue weighted by molar-refractivity contribution is 6.31. The van der Waals surface area contributed by atoms with Crippen LogP contribution in [-0.2, 0) is 11.3 Å². The number of ether oxygens (including phenoxy) is 1. The van der Waals surface area contributed by atoms with E-state index in [9.17, 15) is 4.79 Å². The zero-order chi connectivity index (χ0) is 14.4. The van der Waals surface area contributed by atoms with E-state index in [-0.39, 0.29) is 12.2 Å². The highest BCUT2D eigenvalue weighted by Gasteiger charge is 2.30. The van der Waals surface area contributed by atoms with Crippen LogP contribution in [0.4, 0.5) is 4.79 Å². The van der Waals surface area contributed by atoms with Crippen molar-refractivity contribution in [2.24, 2.45) is 0 Å². The molecular formula is C16H22ClNO2. The van der Waals surface area contributed by atoms with Crippen LogP contribution in [0.2, 0.25) is 5.02 Å². The maximum Gasteiger partial charge on any atom is 0.410 e. The lowest BCUT2D eigenvalue weighted by Gasteiger charge is -2.13. The summed E-state index contributed by atoms with van der Waals surface area (Å²) in [5, 5.41) is 0.701. The van der Waals surface area contributed by atoms with Crippen LogP contribution in [0.1, 0.15) is 44.6 Å². The molecule has 0 saturated carbocycles. The Morgan fingerprint density at radius 1 is 1.30 bits per heavy atom. The Balaban J connectivity index is 1.82. The van der Waals surface area contributed by atoms with Gasteiger partial charge in [0.2, 0.25) is 0 Å². The fourth-order valence-corrected chi connectivity index (χ4v) is 2.68. The van der Waals surface area contributed by atoms with Crippen molar-refractivity contribution < 1.29 is 9.53 Å². The highest BCUT2D eigenvalue weighted by atomic mass is 35.5. The number of benzene rings is 1. The van der Waals surface area contributed by atoms with Crippen LogP contribution in [-0.4, -0.2) is 23.6 Å². The summed E-state index contributed by atoms with van der Waals surface area (Å²) in [7, 11) is 0. The molecule has 0 aliphatic carbocycles. The predicted molar refractivity (Wildman–Crippen MR) is 80.9 cm³/mol. The minimum atomic E-state index is -0.217. The lowest BCUT2D eigenvalue weighted by atomic mass is 10.1. The van der Waals surface area contributed by atoms with Gasteiger partial charge in [0.05, 0.1) is 13.1 Å². The molecule has 1 heterocycles. The molecule has 1 fully saturated rings. The summed E-state index contributed by atoms with van der Waals surface area (Å²) in [6.07, 6.45) is 5.62. The van der Waals surface area contributed by atoms with Gasteiger partial charge in [-0.1, -0.05) is 56.0 Å². The molecule has 1 aliphatic heterocycles. The fourth-order valence-electron chi connectivity index (χ4n) is 2.49. The summed E-state index contributed by atoms with van der Waals surface area (Å²) in [5.74, 6) is 0. The van der Waals surface area contributed by atoms with Crippen LogP contribution in [0.3, 0.4) is 0 Å². The van der Waals surface area contributed by atoms with Crippen LogP contribution >= 0.6 is 11.6 Å². The zero-order valence-corrected chi connectivity index (χ0v) is 12.7. The Morgan fingerprint density at radius 3 is 2.85 bits per heavy atom. The topological polar surface area (TPSA) is 29.5 Å². The molecule has 2 rings (SSSR count). The second-order valence-corrected chi connectivity index (χ2v) is 5.73. The van der Waals surface area contributed by atoms with Gasteiger partial charge >= 0.3 is 6.09 Å². The molecule has 20 heavy (non-hydrogen) atoms. The third-order valence-electron chi connectivity index (χ3n) is 3.65. The minimum absolute atomic E-state index is 0.0434. The number of rotatable bonds is 7. The van der Waals surface area contributed by atoms with Crippen LogP contribution in [0, 0.1) is 0 Å². The molecule has 0 radical (unpaired) electrons. The van der Waals surface area contributed by atoms with E-state index in [0.717, 1.165) is 18.4 Å². The number of nitrogens with zero attached hydrogens (tertiary/aromatic N) is 1. The minimum Gasteiger partial charge on any atom is -0.444 e. The average molecular weight is 296 g/mol. The Morgan fingerprint density at radius 2 is 2.10 bits per heavy atom. The van der Waals surface area contributed by atoms with Crippen molar-refractivity contribution in [2.75, 3.05) is 6.54 Å². The summed E-state index contributed by atoms with van der Waals surface area (Å²) in [6.45, 7) is 3.40. The quantitative estimate of drug-likeness (QED) is 0.686. The van der Waals surface area contributed by atoms with Crippen molar-refractivity contribution >= 4 is 17.7 Å². The number of cyclic esters (lactones) is 1. The van der Waals surface area contributed by atoms with Gasteiger partial charge in [-0.2, -0.15) is 0 Å². The van der Waals surface area contributed by atoms with Crippen molar-refractivity contribution in [3.05, 3.63) is 34.9 Å². The molecule has 0 spiro atoms. The van der Waals surface area contributed by atoms with E-state index in [0.29, 0.717) is 18.1 Å². The third kappa shape index (κ3) is 4.14.